The van der Waals surface area contributed by atoms with Gasteiger partial charge < -0.3 is 4.74 Å². The van der Waals surface area contributed by atoms with E-state index in [1.807, 2.05) is 45.0 Å². The van der Waals surface area contributed by atoms with Crippen molar-refractivity contribution in [3.05, 3.63) is 43.1 Å². The second-order valence-electron chi connectivity index (χ2n) is 6.15. The van der Waals surface area contributed by atoms with Gasteiger partial charge in [-0.25, -0.2) is 9.97 Å². The Kier molecular flexibility index (Phi) is 3.82. The van der Waals surface area contributed by atoms with E-state index in [1.54, 1.807) is 17.1 Å². The van der Waals surface area contributed by atoms with Crippen LogP contribution in [0.1, 0.15) is 20.8 Å². The summed E-state index contributed by atoms with van der Waals surface area (Å²) in [7, 11) is 0. The van der Waals surface area contributed by atoms with Crippen molar-refractivity contribution in [3.8, 4) is 17.3 Å². The minimum absolute atomic E-state index is 0.386. The van der Waals surface area contributed by atoms with Crippen LogP contribution in [-0.4, -0.2) is 30.6 Å². The molecule has 118 valence electrons. The molecule has 2 aromatic heterocycles. The smallest absolute Gasteiger partial charge is 0.243 e. The second kappa shape index (κ2) is 5.79. The molecule has 3 rings (SSSR count). The first kappa shape index (κ1) is 15.1. The zero-order chi connectivity index (χ0) is 16.4. The molecule has 23 heavy (non-hydrogen) atoms. The molecule has 3 aromatic rings. The van der Waals surface area contributed by atoms with E-state index in [2.05, 4.69) is 26.7 Å². The van der Waals surface area contributed by atoms with Crippen LogP contribution in [0.4, 0.5) is 0 Å². The van der Waals surface area contributed by atoms with E-state index >= 15 is 0 Å². The molecule has 0 unspecified atom stereocenters. The summed E-state index contributed by atoms with van der Waals surface area (Å²) in [5, 5.41) is 8.63. The lowest BCUT2D eigenvalue weighted by atomic mass is 10.2. The van der Waals surface area contributed by atoms with E-state index in [9.17, 15) is 0 Å². The molecule has 0 fully saturated rings. The van der Waals surface area contributed by atoms with Crippen molar-refractivity contribution in [3.63, 3.8) is 0 Å². The van der Waals surface area contributed by atoms with Crippen molar-refractivity contribution in [1.82, 2.24) is 25.0 Å². The van der Waals surface area contributed by atoms with Gasteiger partial charge in [0.25, 0.3) is 0 Å². The second-order valence-corrected chi connectivity index (χ2v) is 6.15. The third-order valence-corrected chi connectivity index (χ3v) is 3.01. The summed E-state index contributed by atoms with van der Waals surface area (Å²) in [5.41, 5.74) is 2.41. The van der Waals surface area contributed by atoms with Crippen molar-refractivity contribution >= 4 is 11.0 Å². The molecule has 0 amide bonds. The zero-order valence-electron chi connectivity index (χ0n) is 13.5. The first-order chi connectivity index (χ1) is 11.0. The van der Waals surface area contributed by atoms with Crippen molar-refractivity contribution < 1.29 is 4.74 Å². The maximum absolute atomic E-state index is 5.99. The van der Waals surface area contributed by atoms with Crippen LogP contribution in [0.2, 0.25) is 0 Å². The predicted octanol–water partition coefficient (Wildman–Crippen LogP) is 3.25. The molecule has 0 radical (unpaired) electrons. The Bertz CT molecular complexity index is 848. The molecule has 0 aliphatic heterocycles. The highest BCUT2D eigenvalue weighted by atomic mass is 16.5. The van der Waals surface area contributed by atoms with Gasteiger partial charge >= 0.3 is 0 Å². The highest BCUT2D eigenvalue weighted by Gasteiger charge is 2.21. The van der Waals surface area contributed by atoms with E-state index in [1.165, 1.54) is 0 Å². The predicted molar refractivity (Wildman–Crippen MR) is 89.1 cm³/mol. The fourth-order valence-corrected chi connectivity index (χ4v) is 2.12. The molecule has 0 bridgehead atoms. The summed E-state index contributed by atoms with van der Waals surface area (Å²) < 4.78 is 5.99. The van der Waals surface area contributed by atoms with E-state index in [0.717, 1.165) is 11.0 Å². The van der Waals surface area contributed by atoms with Crippen molar-refractivity contribution in [2.75, 3.05) is 0 Å². The maximum atomic E-state index is 5.99. The summed E-state index contributed by atoms with van der Waals surface area (Å²) in [5.74, 6) is 0.460. The number of nitrogens with zero attached hydrogens (tertiary/aromatic N) is 5. The van der Waals surface area contributed by atoms with Crippen molar-refractivity contribution in [2.24, 2.45) is 0 Å². The third kappa shape index (κ3) is 3.36. The van der Waals surface area contributed by atoms with Gasteiger partial charge in [0.05, 0.1) is 23.8 Å². The Morgan fingerprint density at radius 1 is 1.17 bits per heavy atom. The SMILES string of the molecule is C=CCn1ncc(-c2nc3ccccc3nc2OC(C)(C)C)n1. The Labute approximate surface area is 134 Å². The van der Waals surface area contributed by atoms with E-state index in [4.69, 9.17) is 4.74 Å². The standard InChI is InChI=1S/C17H19N5O/c1-5-10-22-18-11-14(21-22)15-16(23-17(2,3)4)20-13-9-7-6-8-12(13)19-15/h5-9,11H,1,10H2,2-4H3. The first-order valence-electron chi connectivity index (χ1n) is 7.43. The van der Waals surface area contributed by atoms with Gasteiger partial charge in [-0.1, -0.05) is 18.2 Å². The molecule has 1 aromatic carbocycles. The molecule has 0 aliphatic rings. The van der Waals surface area contributed by atoms with Gasteiger partial charge in [0.2, 0.25) is 5.88 Å². The van der Waals surface area contributed by atoms with E-state index in [0.29, 0.717) is 23.8 Å². The quantitative estimate of drug-likeness (QED) is 0.692. The largest absolute Gasteiger partial charge is 0.470 e. The van der Waals surface area contributed by atoms with Gasteiger partial charge in [-0.2, -0.15) is 15.0 Å². The lowest BCUT2D eigenvalue weighted by molar-refractivity contribution is 0.125. The number of fused-ring (bicyclic) bond motifs is 1. The zero-order valence-corrected chi connectivity index (χ0v) is 13.5. The van der Waals surface area contributed by atoms with Gasteiger partial charge in [-0.05, 0) is 32.9 Å². The minimum Gasteiger partial charge on any atom is -0.470 e. The molecule has 6 nitrogen and oxygen atoms in total. The lowest BCUT2D eigenvalue weighted by Crippen LogP contribution is -2.24. The summed E-state index contributed by atoms with van der Waals surface area (Å²) in [6.07, 6.45) is 3.40. The lowest BCUT2D eigenvalue weighted by Gasteiger charge is -2.21. The summed E-state index contributed by atoms with van der Waals surface area (Å²) >= 11 is 0. The van der Waals surface area contributed by atoms with Crippen LogP contribution < -0.4 is 4.74 Å². The fourth-order valence-electron chi connectivity index (χ4n) is 2.12. The molecule has 0 saturated carbocycles. The van der Waals surface area contributed by atoms with Crippen LogP contribution in [0.3, 0.4) is 0 Å². The van der Waals surface area contributed by atoms with Crippen LogP contribution in [0.5, 0.6) is 5.88 Å². The Morgan fingerprint density at radius 3 is 2.52 bits per heavy atom. The van der Waals surface area contributed by atoms with Gasteiger partial charge in [0.1, 0.15) is 11.3 Å². The van der Waals surface area contributed by atoms with E-state index < -0.39 is 0 Å². The average Bonchev–Trinajstić information content (AvgIpc) is 2.94. The number of hydrogen-bond acceptors (Lipinski definition) is 5. The number of allylic oxidation sites excluding steroid dienone is 1. The molecule has 0 N–H and O–H groups in total. The van der Waals surface area contributed by atoms with Crippen LogP contribution >= 0.6 is 0 Å². The maximum Gasteiger partial charge on any atom is 0.243 e. The monoisotopic (exact) mass is 309 g/mol. The Morgan fingerprint density at radius 2 is 1.87 bits per heavy atom. The number of rotatable bonds is 4. The first-order valence-corrected chi connectivity index (χ1v) is 7.43. The molecular formula is C17H19N5O. The molecular weight excluding hydrogens is 290 g/mol. The van der Waals surface area contributed by atoms with Crippen LogP contribution in [0.15, 0.2) is 43.1 Å². The van der Waals surface area contributed by atoms with E-state index in [-0.39, 0.29) is 5.60 Å². The van der Waals surface area contributed by atoms with Gasteiger partial charge in [0.15, 0.2) is 5.69 Å². The topological polar surface area (TPSA) is 65.7 Å². The van der Waals surface area contributed by atoms with Crippen LogP contribution in [0.25, 0.3) is 22.4 Å². The molecule has 0 saturated heterocycles. The average molecular weight is 309 g/mol. The Balaban J connectivity index is 2.14. The normalized spacial score (nSPS) is 11.6. The number of aromatic nitrogens is 5. The van der Waals surface area contributed by atoms with Gasteiger partial charge in [0, 0.05) is 0 Å². The highest BCUT2D eigenvalue weighted by molar-refractivity contribution is 5.78. The van der Waals surface area contributed by atoms with Crippen LogP contribution in [0, 0.1) is 0 Å². The van der Waals surface area contributed by atoms with Crippen molar-refractivity contribution in [1.29, 1.82) is 0 Å². The summed E-state index contributed by atoms with van der Waals surface area (Å²) in [4.78, 5) is 10.8. The number of hydrogen-bond donors (Lipinski definition) is 0. The van der Waals surface area contributed by atoms with Crippen molar-refractivity contribution in [2.45, 2.75) is 32.9 Å². The molecule has 0 aliphatic carbocycles. The number of benzene rings is 1. The molecule has 2 heterocycles. The fraction of sp³-hybridized carbons (Fsp3) is 0.294. The summed E-state index contributed by atoms with van der Waals surface area (Å²) in [6, 6.07) is 7.69. The molecule has 0 spiro atoms. The number of ether oxygens (including phenoxy) is 1. The molecule has 6 heteroatoms. The summed E-state index contributed by atoms with van der Waals surface area (Å²) in [6.45, 7) is 10.2. The van der Waals surface area contributed by atoms with Gasteiger partial charge in [-0.3, -0.25) is 0 Å². The number of para-hydroxylation sites is 2. The van der Waals surface area contributed by atoms with Crippen LogP contribution in [-0.2, 0) is 6.54 Å². The molecule has 0 atom stereocenters. The third-order valence-electron chi connectivity index (χ3n) is 3.01. The minimum atomic E-state index is -0.386. The Hall–Kier alpha value is -2.76. The van der Waals surface area contributed by atoms with Gasteiger partial charge in [-0.15, -0.1) is 6.58 Å². The highest BCUT2D eigenvalue weighted by Crippen LogP contribution is 2.29.